The molecule has 2 rings (SSSR count). The molecule has 2 aliphatic rings. The lowest BCUT2D eigenvalue weighted by molar-refractivity contribution is -0.135. The van der Waals surface area contributed by atoms with E-state index in [-0.39, 0.29) is 17.9 Å². The average Bonchev–Trinajstić information content (AvgIpc) is 2.89. The molecule has 1 amide bonds. The molecule has 5 heteroatoms. The van der Waals surface area contributed by atoms with Gasteiger partial charge in [0.1, 0.15) is 0 Å². The third-order valence-corrected chi connectivity index (χ3v) is 6.04. The quantitative estimate of drug-likeness (QED) is 0.802. The van der Waals surface area contributed by atoms with Crippen molar-refractivity contribution in [2.75, 3.05) is 39.3 Å². The molecule has 0 spiro atoms. The summed E-state index contributed by atoms with van der Waals surface area (Å²) < 4.78 is 0. The first kappa shape index (κ1) is 18.7. The highest BCUT2D eigenvalue weighted by atomic mass is 16.2. The van der Waals surface area contributed by atoms with Crippen LogP contribution in [0.2, 0.25) is 0 Å². The highest BCUT2D eigenvalue weighted by molar-refractivity contribution is 5.82. The molecule has 0 radical (unpaired) electrons. The fraction of sp³-hybridized carbons (Fsp3) is 0.944. The standard InChI is InChI=1S/C18H36N4O/c1-5-14(2)17(19)18(23)21-11-8-20(9-12-21)10-13-22-15(3)6-7-16(22)4/h14-17H,5-13,19H2,1-4H3. The van der Waals surface area contributed by atoms with E-state index in [0.29, 0.717) is 0 Å². The summed E-state index contributed by atoms with van der Waals surface area (Å²) in [6, 6.07) is 1.11. The smallest absolute Gasteiger partial charge is 0.239 e. The number of nitrogens with two attached hydrogens (primary N) is 1. The molecular weight excluding hydrogens is 288 g/mol. The largest absolute Gasteiger partial charge is 0.339 e. The van der Waals surface area contributed by atoms with Crippen molar-refractivity contribution in [1.29, 1.82) is 0 Å². The summed E-state index contributed by atoms with van der Waals surface area (Å²) in [5.74, 6) is 0.402. The van der Waals surface area contributed by atoms with Gasteiger partial charge in [-0.05, 0) is 32.6 Å². The molecule has 2 aliphatic heterocycles. The molecule has 0 saturated carbocycles. The Morgan fingerprint density at radius 3 is 2.17 bits per heavy atom. The molecule has 5 nitrogen and oxygen atoms in total. The lowest BCUT2D eigenvalue weighted by Gasteiger charge is -2.38. The SMILES string of the molecule is CCC(C)C(N)C(=O)N1CCN(CCN2C(C)CCC2C)CC1. The molecule has 0 aliphatic carbocycles. The Morgan fingerprint density at radius 1 is 1.09 bits per heavy atom. The van der Waals surface area contributed by atoms with Crippen LogP contribution in [-0.4, -0.2) is 78.0 Å². The first-order valence-electron chi connectivity index (χ1n) is 9.46. The van der Waals surface area contributed by atoms with Gasteiger partial charge in [-0.2, -0.15) is 0 Å². The van der Waals surface area contributed by atoms with E-state index in [0.717, 1.165) is 57.8 Å². The van der Waals surface area contributed by atoms with Crippen LogP contribution in [-0.2, 0) is 4.79 Å². The van der Waals surface area contributed by atoms with Crippen LogP contribution in [0.15, 0.2) is 0 Å². The maximum Gasteiger partial charge on any atom is 0.239 e. The first-order valence-corrected chi connectivity index (χ1v) is 9.46. The minimum Gasteiger partial charge on any atom is -0.339 e. The van der Waals surface area contributed by atoms with Gasteiger partial charge in [0.2, 0.25) is 5.91 Å². The Kier molecular flexibility index (Phi) is 6.86. The summed E-state index contributed by atoms with van der Waals surface area (Å²) in [7, 11) is 0. The van der Waals surface area contributed by atoms with E-state index in [1.165, 1.54) is 12.8 Å². The molecule has 0 aromatic carbocycles. The summed E-state index contributed by atoms with van der Waals surface area (Å²) >= 11 is 0. The van der Waals surface area contributed by atoms with E-state index in [2.05, 4.69) is 37.5 Å². The third-order valence-electron chi connectivity index (χ3n) is 6.04. The molecule has 0 aromatic heterocycles. The lowest BCUT2D eigenvalue weighted by atomic mass is 9.98. The van der Waals surface area contributed by atoms with Gasteiger partial charge in [0.15, 0.2) is 0 Å². The van der Waals surface area contributed by atoms with E-state index in [9.17, 15) is 4.79 Å². The number of hydrogen-bond donors (Lipinski definition) is 1. The molecule has 0 aromatic rings. The maximum absolute atomic E-state index is 12.4. The number of likely N-dealkylation sites (tertiary alicyclic amines) is 1. The summed E-state index contributed by atoms with van der Waals surface area (Å²) in [5.41, 5.74) is 6.10. The van der Waals surface area contributed by atoms with Gasteiger partial charge in [0.05, 0.1) is 6.04 Å². The van der Waals surface area contributed by atoms with Crippen LogP contribution in [0.1, 0.15) is 47.0 Å². The van der Waals surface area contributed by atoms with Crippen molar-refractivity contribution in [3.63, 3.8) is 0 Å². The zero-order chi connectivity index (χ0) is 17.0. The molecule has 4 atom stereocenters. The normalized spacial score (nSPS) is 29.7. The Bertz CT molecular complexity index is 371. The molecular formula is C18H36N4O. The van der Waals surface area contributed by atoms with Gasteiger partial charge in [-0.3, -0.25) is 14.6 Å². The predicted octanol–water partition coefficient (Wildman–Crippen LogP) is 1.38. The number of hydrogen-bond acceptors (Lipinski definition) is 4. The maximum atomic E-state index is 12.4. The zero-order valence-corrected chi connectivity index (χ0v) is 15.5. The van der Waals surface area contributed by atoms with Crippen LogP contribution >= 0.6 is 0 Å². The number of carbonyl (C=O) groups is 1. The van der Waals surface area contributed by atoms with Crippen molar-refractivity contribution in [2.24, 2.45) is 11.7 Å². The van der Waals surface area contributed by atoms with E-state index in [1.807, 2.05) is 4.90 Å². The summed E-state index contributed by atoms with van der Waals surface area (Å²) in [6.07, 6.45) is 3.62. The Labute approximate surface area is 142 Å². The van der Waals surface area contributed by atoms with Gasteiger partial charge in [-0.1, -0.05) is 20.3 Å². The molecule has 2 saturated heterocycles. The number of amides is 1. The van der Waals surface area contributed by atoms with Crippen molar-refractivity contribution in [1.82, 2.24) is 14.7 Å². The predicted molar refractivity (Wildman–Crippen MR) is 95.3 cm³/mol. The topological polar surface area (TPSA) is 52.8 Å². The molecule has 0 bridgehead atoms. The van der Waals surface area contributed by atoms with Crippen LogP contribution in [0.4, 0.5) is 0 Å². The average molecular weight is 325 g/mol. The van der Waals surface area contributed by atoms with Crippen molar-refractivity contribution < 1.29 is 4.79 Å². The Hall–Kier alpha value is -0.650. The van der Waals surface area contributed by atoms with E-state index in [4.69, 9.17) is 5.73 Å². The molecule has 23 heavy (non-hydrogen) atoms. The number of nitrogens with zero attached hydrogens (tertiary/aromatic N) is 3. The van der Waals surface area contributed by atoms with Crippen molar-refractivity contribution in [3.05, 3.63) is 0 Å². The molecule has 2 heterocycles. The van der Waals surface area contributed by atoms with Gasteiger partial charge < -0.3 is 10.6 Å². The highest BCUT2D eigenvalue weighted by Crippen LogP contribution is 2.22. The Balaban J connectivity index is 1.72. The highest BCUT2D eigenvalue weighted by Gasteiger charge is 2.30. The van der Waals surface area contributed by atoms with Crippen LogP contribution in [0.3, 0.4) is 0 Å². The van der Waals surface area contributed by atoms with Gasteiger partial charge in [0.25, 0.3) is 0 Å². The second kappa shape index (κ2) is 8.45. The first-order chi connectivity index (χ1) is 10.9. The summed E-state index contributed by atoms with van der Waals surface area (Å²) in [5, 5.41) is 0. The fourth-order valence-electron chi connectivity index (χ4n) is 3.85. The van der Waals surface area contributed by atoms with E-state index >= 15 is 0 Å². The molecule has 2 fully saturated rings. The van der Waals surface area contributed by atoms with Gasteiger partial charge >= 0.3 is 0 Å². The molecule has 2 N–H and O–H groups in total. The Morgan fingerprint density at radius 2 is 1.65 bits per heavy atom. The van der Waals surface area contributed by atoms with Crippen LogP contribution < -0.4 is 5.73 Å². The second-order valence-electron chi connectivity index (χ2n) is 7.59. The second-order valence-corrected chi connectivity index (χ2v) is 7.59. The van der Waals surface area contributed by atoms with Crippen molar-refractivity contribution >= 4 is 5.91 Å². The number of piperazine rings is 1. The van der Waals surface area contributed by atoms with E-state index < -0.39 is 0 Å². The van der Waals surface area contributed by atoms with Gasteiger partial charge in [0, 0.05) is 51.4 Å². The number of carbonyl (C=O) groups excluding carboxylic acids is 1. The van der Waals surface area contributed by atoms with Gasteiger partial charge in [-0.15, -0.1) is 0 Å². The summed E-state index contributed by atoms with van der Waals surface area (Å²) in [4.78, 5) is 19.5. The van der Waals surface area contributed by atoms with Crippen LogP contribution in [0.5, 0.6) is 0 Å². The third kappa shape index (κ3) is 4.68. The van der Waals surface area contributed by atoms with E-state index in [1.54, 1.807) is 0 Å². The number of rotatable bonds is 6. The monoisotopic (exact) mass is 324 g/mol. The van der Waals surface area contributed by atoms with Crippen molar-refractivity contribution in [2.45, 2.75) is 65.1 Å². The minimum atomic E-state index is -0.335. The summed E-state index contributed by atoms with van der Waals surface area (Å²) in [6.45, 7) is 14.7. The minimum absolute atomic E-state index is 0.140. The van der Waals surface area contributed by atoms with Crippen LogP contribution in [0.25, 0.3) is 0 Å². The lowest BCUT2D eigenvalue weighted by Crippen LogP contribution is -2.55. The van der Waals surface area contributed by atoms with Crippen LogP contribution in [0, 0.1) is 5.92 Å². The van der Waals surface area contributed by atoms with Gasteiger partial charge in [-0.25, -0.2) is 0 Å². The molecule has 4 unspecified atom stereocenters. The van der Waals surface area contributed by atoms with Crippen molar-refractivity contribution in [3.8, 4) is 0 Å². The zero-order valence-electron chi connectivity index (χ0n) is 15.5. The fourth-order valence-corrected chi connectivity index (χ4v) is 3.85. The molecule has 134 valence electrons.